The van der Waals surface area contributed by atoms with E-state index in [9.17, 15) is 4.79 Å². The molecular weight excluding hydrogens is 224 g/mol. The minimum absolute atomic E-state index is 0.188. The molecule has 3 heteroatoms. The van der Waals surface area contributed by atoms with Crippen LogP contribution < -0.4 is 4.90 Å². The Balaban J connectivity index is 2.13. The molecule has 3 nitrogen and oxygen atoms in total. The number of hydrogen-bond donors (Lipinski definition) is 0. The molecule has 0 aliphatic carbocycles. The number of carbonyl (C=O) groups is 1. The Bertz CT molecular complexity index is 442. The lowest BCUT2D eigenvalue weighted by atomic mass is 10.1. The van der Waals surface area contributed by atoms with Crippen molar-refractivity contribution in [2.24, 2.45) is 0 Å². The maximum absolute atomic E-state index is 12.2. The third-order valence-corrected chi connectivity index (χ3v) is 3.82. The van der Waals surface area contributed by atoms with Crippen molar-refractivity contribution >= 4 is 11.6 Å². The first kappa shape index (κ1) is 12.9. The van der Waals surface area contributed by atoms with Crippen LogP contribution in [-0.2, 0) is 11.2 Å². The Morgan fingerprint density at radius 1 is 1.44 bits per heavy atom. The van der Waals surface area contributed by atoms with Gasteiger partial charge in [-0.05, 0) is 38.8 Å². The standard InChI is InChI=1S/C15H22N2O/c1-11(2)16(4)15(18)10-17-12(3)9-13-7-5-6-8-14(13)17/h5-8,11-12H,9-10H2,1-4H3. The van der Waals surface area contributed by atoms with Crippen LogP contribution in [0.15, 0.2) is 24.3 Å². The van der Waals surface area contributed by atoms with Gasteiger partial charge in [-0.2, -0.15) is 0 Å². The maximum Gasteiger partial charge on any atom is 0.242 e. The lowest BCUT2D eigenvalue weighted by Crippen LogP contribution is -2.43. The van der Waals surface area contributed by atoms with E-state index in [2.05, 4.69) is 30.0 Å². The van der Waals surface area contributed by atoms with Gasteiger partial charge in [0.2, 0.25) is 5.91 Å². The van der Waals surface area contributed by atoms with Gasteiger partial charge < -0.3 is 9.80 Å². The molecule has 0 aromatic heterocycles. The zero-order valence-corrected chi connectivity index (χ0v) is 11.7. The number of anilines is 1. The first-order valence-corrected chi connectivity index (χ1v) is 6.61. The second-order valence-electron chi connectivity index (χ2n) is 5.41. The van der Waals surface area contributed by atoms with Crippen LogP contribution in [0.2, 0.25) is 0 Å². The average Bonchev–Trinajstić information content (AvgIpc) is 2.65. The molecule has 1 heterocycles. The van der Waals surface area contributed by atoms with E-state index in [0.717, 1.165) is 6.42 Å². The van der Waals surface area contributed by atoms with E-state index in [1.54, 1.807) is 0 Å². The Hall–Kier alpha value is -1.51. The lowest BCUT2D eigenvalue weighted by Gasteiger charge is -2.28. The van der Waals surface area contributed by atoms with Crippen LogP contribution in [0.3, 0.4) is 0 Å². The average molecular weight is 246 g/mol. The maximum atomic E-state index is 12.2. The smallest absolute Gasteiger partial charge is 0.242 e. The fraction of sp³-hybridized carbons (Fsp3) is 0.533. The SMILES string of the molecule is CC(C)N(C)C(=O)CN1c2ccccc2CC1C. The number of rotatable bonds is 3. The predicted octanol–water partition coefficient (Wildman–Crippen LogP) is 2.30. The van der Waals surface area contributed by atoms with E-state index in [0.29, 0.717) is 12.6 Å². The number of fused-ring (bicyclic) bond motifs is 1. The monoisotopic (exact) mass is 246 g/mol. The molecule has 0 fully saturated rings. The van der Waals surface area contributed by atoms with Crippen molar-refractivity contribution in [3.05, 3.63) is 29.8 Å². The molecule has 0 radical (unpaired) electrons. The Morgan fingerprint density at radius 3 is 2.78 bits per heavy atom. The minimum atomic E-state index is 0.188. The third kappa shape index (κ3) is 2.35. The number of hydrogen-bond acceptors (Lipinski definition) is 2. The van der Waals surface area contributed by atoms with Crippen LogP contribution in [-0.4, -0.2) is 36.5 Å². The molecule has 0 bridgehead atoms. The molecular formula is C15H22N2O. The summed E-state index contributed by atoms with van der Waals surface area (Å²) in [5, 5.41) is 0. The highest BCUT2D eigenvalue weighted by Gasteiger charge is 2.28. The Kier molecular flexibility index (Phi) is 3.60. The second kappa shape index (κ2) is 5.01. The third-order valence-electron chi connectivity index (χ3n) is 3.82. The fourth-order valence-corrected chi connectivity index (χ4v) is 2.42. The molecule has 1 atom stereocenters. The summed E-state index contributed by atoms with van der Waals surface area (Å²) in [7, 11) is 1.87. The number of carbonyl (C=O) groups excluding carboxylic acids is 1. The van der Waals surface area contributed by atoms with Gasteiger partial charge in [0.15, 0.2) is 0 Å². The summed E-state index contributed by atoms with van der Waals surface area (Å²) < 4.78 is 0. The van der Waals surface area contributed by atoms with E-state index in [1.165, 1.54) is 11.3 Å². The summed E-state index contributed by atoms with van der Waals surface area (Å²) in [5.41, 5.74) is 2.57. The molecule has 0 saturated carbocycles. The molecule has 2 rings (SSSR count). The van der Waals surface area contributed by atoms with Crippen molar-refractivity contribution in [2.75, 3.05) is 18.5 Å². The minimum Gasteiger partial charge on any atom is -0.359 e. The summed E-state index contributed by atoms with van der Waals surface area (Å²) in [4.78, 5) is 16.2. The van der Waals surface area contributed by atoms with Crippen LogP contribution in [0.5, 0.6) is 0 Å². The number of nitrogens with zero attached hydrogens (tertiary/aromatic N) is 2. The number of likely N-dealkylation sites (N-methyl/N-ethyl adjacent to an activating group) is 1. The molecule has 1 unspecified atom stereocenters. The summed E-state index contributed by atoms with van der Waals surface area (Å²) >= 11 is 0. The summed E-state index contributed by atoms with van der Waals surface area (Å²) in [5.74, 6) is 0.188. The number of para-hydroxylation sites is 1. The van der Waals surface area contributed by atoms with Gasteiger partial charge in [0.05, 0.1) is 6.54 Å². The zero-order valence-electron chi connectivity index (χ0n) is 11.7. The quantitative estimate of drug-likeness (QED) is 0.817. The first-order valence-electron chi connectivity index (χ1n) is 6.61. The Labute approximate surface area is 109 Å². The zero-order chi connectivity index (χ0) is 13.3. The molecule has 1 aromatic carbocycles. The highest BCUT2D eigenvalue weighted by Crippen LogP contribution is 2.31. The van der Waals surface area contributed by atoms with Crippen LogP contribution in [0.1, 0.15) is 26.3 Å². The molecule has 0 N–H and O–H groups in total. The van der Waals surface area contributed by atoms with E-state index < -0.39 is 0 Å². The van der Waals surface area contributed by atoms with Crippen molar-refractivity contribution in [3.8, 4) is 0 Å². The van der Waals surface area contributed by atoms with Gasteiger partial charge in [-0.25, -0.2) is 0 Å². The van der Waals surface area contributed by atoms with Crippen molar-refractivity contribution < 1.29 is 4.79 Å². The van der Waals surface area contributed by atoms with Gasteiger partial charge in [-0.1, -0.05) is 18.2 Å². The van der Waals surface area contributed by atoms with Gasteiger partial charge in [0.1, 0.15) is 0 Å². The van der Waals surface area contributed by atoms with Gasteiger partial charge in [0.25, 0.3) is 0 Å². The van der Waals surface area contributed by atoms with Gasteiger partial charge >= 0.3 is 0 Å². The van der Waals surface area contributed by atoms with Crippen molar-refractivity contribution in [1.82, 2.24) is 4.90 Å². The number of amides is 1. The molecule has 1 aliphatic heterocycles. The topological polar surface area (TPSA) is 23.6 Å². The molecule has 0 spiro atoms. The van der Waals surface area contributed by atoms with E-state index in [-0.39, 0.29) is 11.9 Å². The van der Waals surface area contributed by atoms with Gasteiger partial charge in [-0.3, -0.25) is 4.79 Å². The van der Waals surface area contributed by atoms with Crippen molar-refractivity contribution in [3.63, 3.8) is 0 Å². The molecule has 1 amide bonds. The van der Waals surface area contributed by atoms with Crippen LogP contribution in [0, 0.1) is 0 Å². The molecule has 98 valence electrons. The summed E-state index contributed by atoms with van der Waals surface area (Å²) in [6.45, 7) is 6.74. The molecule has 1 aromatic rings. The van der Waals surface area contributed by atoms with Crippen LogP contribution in [0.4, 0.5) is 5.69 Å². The Morgan fingerprint density at radius 2 is 2.11 bits per heavy atom. The normalized spacial score (nSPS) is 18.1. The highest BCUT2D eigenvalue weighted by atomic mass is 16.2. The van der Waals surface area contributed by atoms with Crippen molar-refractivity contribution in [2.45, 2.75) is 39.3 Å². The summed E-state index contributed by atoms with van der Waals surface area (Å²) in [6.07, 6.45) is 1.04. The lowest BCUT2D eigenvalue weighted by molar-refractivity contribution is -0.129. The second-order valence-corrected chi connectivity index (χ2v) is 5.41. The van der Waals surface area contributed by atoms with E-state index >= 15 is 0 Å². The summed E-state index contributed by atoms with van der Waals surface area (Å²) in [6, 6.07) is 9.04. The molecule has 0 saturated heterocycles. The van der Waals surface area contributed by atoms with Gasteiger partial charge in [0, 0.05) is 24.8 Å². The highest BCUT2D eigenvalue weighted by molar-refractivity contribution is 5.82. The van der Waals surface area contributed by atoms with Crippen LogP contribution >= 0.6 is 0 Å². The van der Waals surface area contributed by atoms with E-state index in [4.69, 9.17) is 0 Å². The van der Waals surface area contributed by atoms with Gasteiger partial charge in [-0.15, -0.1) is 0 Å². The molecule has 18 heavy (non-hydrogen) atoms. The largest absolute Gasteiger partial charge is 0.359 e. The fourth-order valence-electron chi connectivity index (χ4n) is 2.42. The first-order chi connectivity index (χ1) is 8.50. The van der Waals surface area contributed by atoms with Crippen molar-refractivity contribution in [1.29, 1.82) is 0 Å². The predicted molar refractivity (Wildman–Crippen MR) is 74.9 cm³/mol. The van der Waals surface area contributed by atoms with E-state index in [1.807, 2.05) is 31.9 Å². The number of benzene rings is 1. The molecule has 1 aliphatic rings. The van der Waals surface area contributed by atoms with Crippen LogP contribution in [0.25, 0.3) is 0 Å².